The molecule has 0 spiro atoms. The third-order valence-electron chi connectivity index (χ3n) is 4.50. The number of aryl methyl sites for hydroxylation is 1. The van der Waals surface area contributed by atoms with Crippen LogP contribution in [0, 0.1) is 6.92 Å². The molecular formula is C18H22NO2Y-. The quantitative estimate of drug-likeness (QED) is 0.490. The minimum Gasteiger partial charge on any atom is -0.388 e. The van der Waals surface area contributed by atoms with Gasteiger partial charge in [-0.2, -0.15) is 6.42 Å². The Hall–Kier alpha value is -0.506. The SMILES string of the molecule is [CH2-]CCC=CCN1C(=O)C[C@@H]1c1ccc2c(c1)CCC2O.[Y]. The number of aliphatic hydroxyl groups excluding tert-OH is 1. The molecule has 1 fully saturated rings. The second-order valence-electron chi connectivity index (χ2n) is 5.89. The fraction of sp³-hybridized carbons (Fsp3) is 0.444. The number of fused-ring (bicyclic) bond motifs is 1. The Morgan fingerprint density at radius 1 is 1.36 bits per heavy atom. The van der Waals surface area contributed by atoms with Crippen molar-refractivity contribution in [3.05, 3.63) is 54.0 Å². The third kappa shape index (κ3) is 3.52. The van der Waals surface area contributed by atoms with E-state index in [9.17, 15) is 9.90 Å². The normalized spacial score (nSPS) is 23.4. The smallest absolute Gasteiger partial charge is 0.225 e. The number of likely N-dealkylation sites (tertiary alicyclic amines) is 1. The van der Waals surface area contributed by atoms with E-state index in [2.05, 4.69) is 31.2 Å². The van der Waals surface area contributed by atoms with E-state index in [1.54, 1.807) is 0 Å². The summed E-state index contributed by atoms with van der Waals surface area (Å²) in [6, 6.07) is 6.47. The van der Waals surface area contributed by atoms with Gasteiger partial charge in [0.05, 0.1) is 18.6 Å². The number of hydrogen-bond acceptors (Lipinski definition) is 2. The van der Waals surface area contributed by atoms with Gasteiger partial charge in [0, 0.05) is 39.3 Å². The first-order valence-electron chi connectivity index (χ1n) is 7.75. The standard InChI is InChI=1S/C18H22NO2.Y/c1-2-3-4-5-10-19-16(12-18(19)21)14-6-8-15-13(11-14)7-9-17(15)20;/h4-6,8,11,16-17,20H,1-3,7,9-10,12H2;/q-1;/t16-,17?;/m1./s1. The van der Waals surface area contributed by atoms with Gasteiger partial charge in [0.25, 0.3) is 0 Å². The molecule has 1 radical (unpaired) electrons. The van der Waals surface area contributed by atoms with Crippen molar-refractivity contribution in [3.63, 3.8) is 0 Å². The second-order valence-corrected chi connectivity index (χ2v) is 5.89. The zero-order chi connectivity index (χ0) is 14.8. The van der Waals surface area contributed by atoms with E-state index in [1.807, 2.05) is 11.0 Å². The number of rotatable bonds is 5. The molecule has 0 saturated carbocycles. The molecule has 1 unspecified atom stereocenters. The molecule has 22 heavy (non-hydrogen) atoms. The number of amides is 1. The summed E-state index contributed by atoms with van der Waals surface area (Å²) in [5.41, 5.74) is 3.51. The molecule has 1 N–H and O–H groups in total. The monoisotopic (exact) mass is 373 g/mol. The summed E-state index contributed by atoms with van der Waals surface area (Å²) in [6.07, 6.45) is 8.06. The topological polar surface area (TPSA) is 40.5 Å². The maximum Gasteiger partial charge on any atom is 0.225 e. The molecule has 4 heteroatoms. The first-order chi connectivity index (χ1) is 10.2. The molecule has 1 aliphatic heterocycles. The van der Waals surface area contributed by atoms with Crippen LogP contribution in [0.15, 0.2) is 30.4 Å². The van der Waals surface area contributed by atoms with Crippen molar-refractivity contribution >= 4 is 5.91 Å². The predicted octanol–water partition coefficient (Wildman–Crippen LogP) is 3.11. The molecule has 2 atom stereocenters. The molecule has 1 aromatic carbocycles. The van der Waals surface area contributed by atoms with Gasteiger partial charge in [-0.25, -0.2) is 0 Å². The largest absolute Gasteiger partial charge is 0.388 e. The molecular weight excluding hydrogens is 351 g/mol. The van der Waals surface area contributed by atoms with Crippen molar-refractivity contribution in [1.29, 1.82) is 0 Å². The zero-order valence-electron chi connectivity index (χ0n) is 12.9. The van der Waals surface area contributed by atoms with Crippen LogP contribution in [0.4, 0.5) is 0 Å². The summed E-state index contributed by atoms with van der Waals surface area (Å²) in [7, 11) is 0. The number of unbranched alkanes of at least 4 members (excludes halogenated alkanes) is 1. The summed E-state index contributed by atoms with van der Waals surface area (Å²) in [5.74, 6) is 0.222. The second kappa shape index (κ2) is 7.85. The number of nitrogens with zero attached hydrogens (tertiary/aromatic N) is 1. The summed E-state index contributed by atoms with van der Waals surface area (Å²) in [6.45, 7) is 4.48. The number of benzene rings is 1. The van der Waals surface area contributed by atoms with Crippen LogP contribution in [0.2, 0.25) is 0 Å². The minimum atomic E-state index is -0.307. The van der Waals surface area contributed by atoms with Crippen molar-refractivity contribution in [2.45, 2.75) is 44.2 Å². The molecule has 0 aromatic heterocycles. The van der Waals surface area contributed by atoms with Gasteiger partial charge in [0.1, 0.15) is 0 Å². The van der Waals surface area contributed by atoms with Crippen LogP contribution in [-0.2, 0) is 43.9 Å². The van der Waals surface area contributed by atoms with E-state index in [-0.39, 0.29) is 50.8 Å². The molecule has 1 aliphatic carbocycles. The Morgan fingerprint density at radius 2 is 2.18 bits per heavy atom. The van der Waals surface area contributed by atoms with E-state index in [0.717, 1.165) is 31.2 Å². The van der Waals surface area contributed by atoms with Gasteiger partial charge in [-0.15, -0.1) is 0 Å². The van der Waals surface area contributed by atoms with Crippen LogP contribution in [0.5, 0.6) is 0 Å². The van der Waals surface area contributed by atoms with Crippen LogP contribution in [0.3, 0.4) is 0 Å². The minimum absolute atomic E-state index is 0. The van der Waals surface area contributed by atoms with Crippen LogP contribution in [-0.4, -0.2) is 22.5 Å². The van der Waals surface area contributed by atoms with Gasteiger partial charge in [0.2, 0.25) is 5.91 Å². The Labute approximate surface area is 157 Å². The predicted molar refractivity (Wildman–Crippen MR) is 82.5 cm³/mol. The fourth-order valence-corrected chi connectivity index (χ4v) is 3.23. The Morgan fingerprint density at radius 3 is 2.91 bits per heavy atom. The van der Waals surface area contributed by atoms with E-state index in [1.165, 1.54) is 11.1 Å². The number of β-lactam (4-membered cyclic amide) rings is 1. The van der Waals surface area contributed by atoms with E-state index in [4.69, 9.17) is 0 Å². The number of carbonyl (C=O) groups excluding carboxylic acids is 1. The first-order valence-corrected chi connectivity index (χ1v) is 7.75. The number of carbonyl (C=O) groups is 1. The van der Waals surface area contributed by atoms with Crippen molar-refractivity contribution < 1.29 is 42.6 Å². The summed E-state index contributed by atoms with van der Waals surface area (Å²) in [4.78, 5) is 13.7. The van der Waals surface area contributed by atoms with E-state index in [0.29, 0.717) is 13.0 Å². The van der Waals surface area contributed by atoms with Crippen LogP contribution < -0.4 is 0 Å². The van der Waals surface area contributed by atoms with Gasteiger partial charge in [-0.1, -0.05) is 36.8 Å². The Bertz CT molecular complexity index is 570. The Balaban J connectivity index is 0.00000176. The first kappa shape index (κ1) is 17.8. The van der Waals surface area contributed by atoms with Crippen LogP contribution >= 0.6 is 0 Å². The average molecular weight is 373 g/mol. The molecule has 3 rings (SSSR count). The van der Waals surface area contributed by atoms with Crippen molar-refractivity contribution in [1.82, 2.24) is 4.90 Å². The van der Waals surface area contributed by atoms with Gasteiger partial charge in [0.15, 0.2) is 0 Å². The molecule has 0 bridgehead atoms. The molecule has 2 aliphatic rings. The van der Waals surface area contributed by atoms with Gasteiger partial charge >= 0.3 is 0 Å². The Kier molecular flexibility index (Phi) is 6.37. The number of allylic oxidation sites excluding steroid dienone is 1. The summed E-state index contributed by atoms with van der Waals surface area (Å²) >= 11 is 0. The molecule has 1 saturated heterocycles. The average Bonchev–Trinajstić information content (AvgIpc) is 2.85. The molecule has 1 aromatic rings. The number of aliphatic hydroxyl groups is 1. The summed E-state index contributed by atoms with van der Waals surface area (Å²) in [5, 5.41) is 9.86. The summed E-state index contributed by atoms with van der Waals surface area (Å²) < 4.78 is 0. The van der Waals surface area contributed by atoms with Gasteiger partial charge in [-0.05, 0) is 29.5 Å². The molecule has 3 nitrogen and oxygen atoms in total. The van der Waals surface area contributed by atoms with Crippen LogP contribution in [0.25, 0.3) is 0 Å². The molecule has 115 valence electrons. The van der Waals surface area contributed by atoms with Gasteiger partial charge in [-0.3, -0.25) is 4.79 Å². The van der Waals surface area contributed by atoms with Crippen molar-refractivity contribution in [2.75, 3.05) is 6.54 Å². The zero-order valence-corrected chi connectivity index (χ0v) is 15.7. The molecule has 1 heterocycles. The third-order valence-corrected chi connectivity index (χ3v) is 4.50. The van der Waals surface area contributed by atoms with E-state index < -0.39 is 0 Å². The van der Waals surface area contributed by atoms with Crippen molar-refractivity contribution in [3.8, 4) is 0 Å². The maximum atomic E-state index is 11.8. The molecule has 1 amide bonds. The van der Waals surface area contributed by atoms with Gasteiger partial charge < -0.3 is 16.9 Å². The van der Waals surface area contributed by atoms with Crippen molar-refractivity contribution in [2.24, 2.45) is 0 Å². The number of hydrogen-bond donors (Lipinski definition) is 1. The van der Waals surface area contributed by atoms with E-state index >= 15 is 0 Å². The van der Waals surface area contributed by atoms with Crippen LogP contribution in [0.1, 0.15) is 54.5 Å². The fourth-order valence-electron chi connectivity index (χ4n) is 3.23. The maximum absolute atomic E-state index is 11.8.